The molecule has 84 valence electrons. The lowest BCUT2D eigenvalue weighted by molar-refractivity contribution is 0.0933. The third-order valence-corrected chi connectivity index (χ3v) is 2.30. The number of aromatic amines is 1. The van der Waals surface area contributed by atoms with Gasteiger partial charge in [-0.15, -0.1) is 0 Å². The number of aromatic nitrogens is 3. The molecule has 0 aliphatic heterocycles. The molecular formula is C9H16N4O2. The maximum absolute atomic E-state index is 11.4. The Hall–Kier alpha value is -1.43. The average Bonchev–Trinajstić information content (AvgIpc) is 2.77. The Morgan fingerprint density at radius 2 is 2.53 bits per heavy atom. The van der Waals surface area contributed by atoms with Gasteiger partial charge in [0.05, 0.1) is 0 Å². The van der Waals surface area contributed by atoms with Crippen molar-refractivity contribution in [3.05, 3.63) is 12.2 Å². The molecule has 6 heteroatoms. The van der Waals surface area contributed by atoms with Crippen molar-refractivity contribution in [2.45, 2.75) is 19.8 Å². The van der Waals surface area contributed by atoms with Crippen LogP contribution in [-0.4, -0.2) is 39.3 Å². The number of nitrogens with zero attached hydrogens (tertiary/aromatic N) is 2. The van der Waals surface area contributed by atoms with Crippen molar-refractivity contribution >= 4 is 5.91 Å². The molecule has 1 atom stereocenters. The molecule has 1 aromatic heterocycles. The van der Waals surface area contributed by atoms with Gasteiger partial charge >= 0.3 is 0 Å². The first kappa shape index (κ1) is 11.6. The molecule has 0 aliphatic carbocycles. The van der Waals surface area contributed by atoms with E-state index in [4.69, 9.17) is 5.11 Å². The van der Waals surface area contributed by atoms with E-state index in [0.29, 0.717) is 18.9 Å². The van der Waals surface area contributed by atoms with Crippen molar-refractivity contribution in [2.24, 2.45) is 5.92 Å². The Kier molecular flexibility index (Phi) is 4.76. The summed E-state index contributed by atoms with van der Waals surface area (Å²) >= 11 is 0. The van der Waals surface area contributed by atoms with E-state index >= 15 is 0 Å². The van der Waals surface area contributed by atoms with Crippen LogP contribution in [0.15, 0.2) is 6.33 Å². The summed E-state index contributed by atoms with van der Waals surface area (Å²) < 4.78 is 0. The van der Waals surface area contributed by atoms with Gasteiger partial charge in [0.25, 0.3) is 5.91 Å². The zero-order chi connectivity index (χ0) is 11.1. The monoisotopic (exact) mass is 212 g/mol. The highest BCUT2D eigenvalue weighted by molar-refractivity contribution is 5.90. The normalized spacial score (nSPS) is 12.4. The van der Waals surface area contributed by atoms with Crippen molar-refractivity contribution in [1.29, 1.82) is 0 Å². The first-order valence-corrected chi connectivity index (χ1v) is 5.02. The second kappa shape index (κ2) is 6.13. The number of H-pyrrole nitrogens is 1. The van der Waals surface area contributed by atoms with Crippen molar-refractivity contribution in [1.82, 2.24) is 20.5 Å². The molecule has 3 N–H and O–H groups in total. The summed E-state index contributed by atoms with van der Waals surface area (Å²) in [6.45, 7) is 2.73. The van der Waals surface area contributed by atoms with Crippen LogP contribution < -0.4 is 5.32 Å². The number of rotatable bonds is 6. The van der Waals surface area contributed by atoms with Gasteiger partial charge in [0, 0.05) is 13.2 Å². The molecule has 1 amide bonds. The number of carbonyl (C=O) groups excluding carboxylic acids is 1. The Morgan fingerprint density at radius 1 is 1.73 bits per heavy atom. The molecule has 0 fully saturated rings. The van der Waals surface area contributed by atoms with Gasteiger partial charge in [-0.1, -0.05) is 13.3 Å². The third kappa shape index (κ3) is 3.67. The summed E-state index contributed by atoms with van der Waals surface area (Å²) in [7, 11) is 0. The summed E-state index contributed by atoms with van der Waals surface area (Å²) in [6, 6.07) is 0. The molecule has 0 saturated heterocycles. The first-order valence-electron chi connectivity index (χ1n) is 5.02. The number of carbonyl (C=O) groups is 1. The fraction of sp³-hybridized carbons (Fsp3) is 0.667. The molecule has 1 unspecified atom stereocenters. The van der Waals surface area contributed by atoms with Crippen molar-refractivity contribution in [3.8, 4) is 0 Å². The summed E-state index contributed by atoms with van der Waals surface area (Å²) in [5.74, 6) is 0.264. The van der Waals surface area contributed by atoms with E-state index in [1.54, 1.807) is 0 Å². The number of nitrogens with one attached hydrogen (secondary N) is 2. The summed E-state index contributed by atoms with van der Waals surface area (Å²) in [5.41, 5.74) is 0. The van der Waals surface area contributed by atoms with Crippen LogP contribution in [0.4, 0.5) is 0 Å². The largest absolute Gasteiger partial charge is 0.396 e. The van der Waals surface area contributed by atoms with Gasteiger partial charge in [0.15, 0.2) is 0 Å². The third-order valence-electron chi connectivity index (χ3n) is 2.30. The minimum Gasteiger partial charge on any atom is -0.396 e. The minimum absolute atomic E-state index is 0.149. The highest BCUT2D eigenvalue weighted by Gasteiger charge is 2.11. The molecule has 0 saturated carbocycles. The topological polar surface area (TPSA) is 90.9 Å². The van der Waals surface area contributed by atoms with Crippen LogP contribution in [0, 0.1) is 5.92 Å². The average molecular weight is 212 g/mol. The number of aliphatic hydroxyl groups is 1. The number of hydrogen-bond acceptors (Lipinski definition) is 4. The fourth-order valence-corrected chi connectivity index (χ4v) is 1.27. The zero-order valence-corrected chi connectivity index (χ0v) is 8.73. The molecule has 15 heavy (non-hydrogen) atoms. The lowest BCUT2D eigenvalue weighted by Gasteiger charge is -2.13. The SMILES string of the molecule is CCC(CCO)CNC(=O)c1ncn[nH]1. The molecule has 1 rings (SSSR count). The van der Waals surface area contributed by atoms with E-state index in [9.17, 15) is 4.79 Å². The minimum atomic E-state index is -0.260. The van der Waals surface area contributed by atoms with Gasteiger partial charge in [-0.3, -0.25) is 9.89 Å². The number of hydrogen-bond donors (Lipinski definition) is 3. The predicted octanol–water partition coefficient (Wildman–Crippen LogP) is -0.0569. The molecule has 0 aromatic carbocycles. The van der Waals surface area contributed by atoms with E-state index in [1.807, 2.05) is 6.92 Å². The number of amides is 1. The highest BCUT2D eigenvalue weighted by atomic mass is 16.3. The maximum atomic E-state index is 11.4. The van der Waals surface area contributed by atoms with E-state index < -0.39 is 0 Å². The van der Waals surface area contributed by atoms with E-state index in [-0.39, 0.29) is 18.3 Å². The van der Waals surface area contributed by atoms with Crippen LogP contribution in [0.1, 0.15) is 30.4 Å². The molecule has 1 heterocycles. The molecule has 6 nitrogen and oxygen atoms in total. The molecule has 0 spiro atoms. The van der Waals surface area contributed by atoms with E-state index in [2.05, 4.69) is 20.5 Å². The second-order valence-corrected chi connectivity index (χ2v) is 3.33. The molecule has 0 bridgehead atoms. The van der Waals surface area contributed by atoms with Crippen molar-refractivity contribution < 1.29 is 9.90 Å². The molecular weight excluding hydrogens is 196 g/mol. The van der Waals surface area contributed by atoms with Crippen LogP contribution in [0.3, 0.4) is 0 Å². The van der Waals surface area contributed by atoms with Gasteiger partial charge in [-0.2, -0.15) is 5.10 Å². The van der Waals surface area contributed by atoms with Crippen LogP contribution in [0.5, 0.6) is 0 Å². The molecule has 0 radical (unpaired) electrons. The molecule has 1 aromatic rings. The lowest BCUT2D eigenvalue weighted by Crippen LogP contribution is -2.30. The summed E-state index contributed by atoms with van der Waals surface area (Å²) in [6.07, 6.45) is 2.92. The van der Waals surface area contributed by atoms with Crippen LogP contribution in [0.2, 0.25) is 0 Å². The van der Waals surface area contributed by atoms with E-state index in [1.165, 1.54) is 6.33 Å². The standard InChI is InChI=1S/C9H16N4O2/c1-2-7(3-4-14)5-10-9(15)8-11-6-12-13-8/h6-7,14H,2-5H2,1H3,(H,10,15)(H,11,12,13). The quantitative estimate of drug-likeness (QED) is 0.616. The van der Waals surface area contributed by atoms with Gasteiger partial charge in [-0.05, 0) is 12.3 Å². The fourth-order valence-electron chi connectivity index (χ4n) is 1.27. The van der Waals surface area contributed by atoms with E-state index in [0.717, 1.165) is 6.42 Å². The van der Waals surface area contributed by atoms with Crippen molar-refractivity contribution in [2.75, 3.05) is 13.2 Å². The molecule has 0 aliphatic rings. The predicted molar refractivity (Wildman–Crippen MR) is 54.2 cm³/mol. The Morgan fingerprint density at radius 3 is 3.07 bits per heavy atom. The van der Waals surface area contributed by atoms with Gasteiger partial charge in [0.1, 0.15) is 6.33 Å². The first-order chi connectivity index (χ1) is 7.27. The maximum Gasteiger partial charge on any atom is 0.288 e. The second-order valence-electron chi connectivity index (χ2n) is 3.33. The summed E-state index contributed by atoms with van der Waals surface area (Å²) in [4.78, 5) is 15.2. The van der Waals surface area contributed by atoms with Crippen LogP contribution >= 0.6 is 0 Å². The van der Waals surface area contributed by atoms with Gasteiger partial charge in [-0.25, -0.2) is 4.98 Å². The van der Waals surface area contributed by atoms with Crippen LogP contribution in [0.25, 0.3) is 0 Å². The Bertz CT molecular complexity index is 286. The smallest absolute Gasteiger partial charge is 0.288 e. The van der Waals surface area contributed by atoms with Gasteiger partial charge < -0.3 is 10.4 Å². The highest BCUT2D eigenvalue weighted by Crippen LogP contribution is 2.05. The van der Waals surface area contributed by atoms with Gasteiger partial charge in [0.2, 0.25) is 5.82 Å². The van der Waals surface area contributed by atoms with Crippen LogP contribution in [-0.2, 0) is 0 Å². The Labute approximate surface area is 88.1 Å². The van der Waals surface area contributed by atoms with Crippen molar-refractivity contribution in [3.63, 3.8) is 0 Å². The Balaban J connectivity index is 2.33. The number of aliphatic hydroxyl groups excluding tert-OH is 1. The zero-order valence-electron chi connectivity index (χ0n) is 8.73. The lowest BCUT2D eigenvalue weighted by atomic mass is 10.0. The summed E-state index contributed by atoms with van der Waals surface area (Å²) in [5, 5.41) is 17.6.